The Morgan fingerprint density at radius 3 is 2.41 bits per heavy atom. The maximum atomic E-state index is 13.5. The van der Waals surface area contributed by atoms with Crippen LogP contribution in [0.15, 0.2) is 48.5 Å². The summed E-state index contributed by atoms with van der Waals surface area (Å²) in [6.45, 7) is 0.0976. The van der Waals surface area contributed by atoms with Gasteiger partial charge in [-0.05, 0) is 17.7 Å². The van der Waals surface area contributed by atoms with Crippen LogP contribution in [0, 0.1) is 5.82 Å². The Morgan fingerprint density at radius 1 is 1.09 bits per heavy atom. The van der Waals surface area contributed by atoms with Crippen LogP contribution in [0.1, 0.15) is 11.1 Å². The summed E-state index contributed by atoms with van der Waals surface area (Å²) in [4.78, 5) is 11.9. The number of benzene rings is 2. The number of carbonyl (C=O) groups is 1. The van der Waals surface area contributed by atoms with Crippen LogP contribution in [-0.2, 0) is 23.1 Å². The number of rotatable bonds is 5. The van der Waals surface area contributed by atoms with Crippen LogP contribution in [0.4, 0.5) is 14.9 Å². The number of anilines is 1. The molecule has 6 heteroatoms. The SMILES string of the molecule is C[S@](=O)Cc1ccccc1NC(=O)NCc1ccccc1F. The molecule has 0 aliphatic heterocycles. The smallest absolute Gasteiger partial charge is 0.319 e. The molecule has 4 nitrogen and oxygen atoms in total. The fourth-order valence-corrected chi connectivity index (χ4v) is 2.66. The molecule has 2 aromatic carbocycles. The van der Waals surface area contributed by atoms with E-state index in [1.807, 2.05) is 12.1 Å². The fraction of sp³-hybridized carbons (Fsp3) is 0.188. The topological polar surface area (TPSA) is 58.2 Å². The van der Waals surface area contributed by atoms with Crippen molar-refractivity contribution in [1.29, 1.82) is 0 Å². The number of carbonyl (C=O) groups excluding carboxylic acids is 1. The second-order valence-corrected chi connectivity index (χ2v) is 6.21. The summed E-state index contributed by atoms with van der Waals surface area (Å²) >= 11 is 0. The van der Waals surface area contributed by atoms with Crippen LogP contribution in [-0.4, -0.2) is 16.5 Å². The van der Waals surface area contributed by atoms with Gasteiger partial charge >= 0.3 is 6.03 Å². The summed E-state index contributed by atoms with van der Waals surface area (Å²) < 4.78 is 24.8. The van der Waals surface area contributed by atoms with E-state index in [9.17, 15) is 13.4 Å². The summed E-state index contributed by atoms with van der Waals surface area (Å²) in [6, 6.07) is 13.0. The van der Waals surface area contributed by atoms with Gasteiger partial charge in [-0.25, -0.2) is 9.18 Å². The summed E-state index contributed by atoms with van der Waals surface area (Å²) in [5.41, 5.74) is 1.81. The van der Waals surface area contributed by atoms with Gasteiger partial charge in [0.05, 0.1) is 5.75 Å². The van der Waals surface area contributed by atoms with Crippen LogP contribution in [0.2, 0.25) is 0 Å². The van der Waals surface area contributed by atoms with E-state index in [0.717, 1.165) is 5.56 Å². The largest absolute Gasteiger partial charge is 0.334 e. The summed E-state index contributed by atoms with van der Waals surface area (Å²) in [5.74, 6) is 0.00798. The zero-order chi connectivity index (χ0) is 15.9. The lowest BCUT2D eigenvalue weighted by molar-refractivity contribution is 0.251. The van der Waals surface area contributed by atoms with E-state index in [2.05, 4.69) is 10.6 Å². The molecule has 1 atom stereocenters. The molecule has 116 valence electrons. The summed E-state index contributed by atoms with van der Waals surface area (Å²) in [6.07, 6.45) is 1.61. The van der Waals surface area contributed by atoms with Gasteiger partial charge in [-0.15, -0.1) is 0 Å². The van der Waals surface area contributed by atoms with Crippen molar-refractivity contribution in [1.82, 2.24) is 5.32 Å². The third-order valence-electron chi connectivity index (χ3n) is 3.02. The lowest BCUT2D eigenvalue weighted by Gasteiger charge is -2.11. The van der Waals surface area contributed by atoms with E-state index in [-0.39, 0.29) is 12.4 Å². The third-order valence-corrected chi connectivity index (χ3v) is 3.74. The molecule has 2 rings (SSSR count). The van der Waals surface area contributed by atoms with Gasteiger partial charge in [0, 0.05) is 34.9 Å². The Morgan fingerprint density at radius 2 is 1.73 bits per heavy atom. The number of para-hydroxylation sites is 1. The monoisotopic (exact) mass is 320 g/mol. The zero-order valence-corrected chi connectivity index (χ0v) is 13.0. The molecule has 0 radical (unpaired) electrons. The minimum Gasteiger partial charge on any atom is -0.334 e. The molecule has 0 aliphatic rings. The Labute approximate surface area is 131 Å². The molecule has 2 N–H and O–H groups in total. The van der Waals surface area contributed by atoms with Gasteiger partial charge in [-0.1, -0.05) is 36.4 Å². The van der Waals surface area contributed by atoms with Crippen molar-refractivity contribution in [3.05, 3.63) is 65.5 Å². The van der Waals surface area contributed by atoms with Crippen molar-refractivity contribution in [3.63, 3.8) is 0 Å². The first kappa shape index (κ1) is 16.2. The van der Waals surface area contributed by atoms with Gasteiger partial charge in [0.15, 0.2) is 0 Å². The molecule has 0 saturated carbocycles. The first-order valence-corrected chi connectivity index (χ1v) is 8.45. The third kappa shape index (κ3) is 4.66. The standard InChI is InChI=1S/C16H17FN2O2S/c1-22(21)11-13-7-3-5-9-15(13)19-16(20)18-10-12-6-2-4-8-14(12)17/h2-9H,10-11H2,1H3,(H2,18,19,20)/t22-/m0/s1. The molecule has 2 amide bonds. The average Bonchev–Trinajstić information content (AvgIpc) is 2.48. The van der Waals surface area contributed by atoms with E-state index >= 15 is 0 Å². The number of amides is 2. The molecule has 22 heavy (non-hydrogen) atoms. The second kappa shape index (κ2) is 7.70. The summed E-state index contributed by atoms with van der Waals surface area (Å²) in [7, 11) is -0.999. The van der Waals surface area contributed by atoms with Crippen molar-refractivity contribution >= 4 is 22.5 Å². The highest BCUT2D eigenvalue weighted by Gasteiger charge is 2.08. The van der Waals surface area contributed by atoms with Crippen molar-refractivity contribution in [2.45, 2.75) is 12.3 Å². The Balaban J connectivity index is 1.98. The lowest BCUT2D eigenvalue weighted by atomic mass is 10.2. The van der Waals surface area contributed by atoms with Crippen LogP contribution in [0.25, 0.3) is 0 Å². The number of hydrogen-bond donors (Lipinski definition) is 2. The van der Waals surface area contributed by atoms with Crippen LogP contribution >= 0.6 is 0 Å². The van der Waals surface area contributed by atoms with Gasteiger partial charge in [-0.2, -0.15) is 0 Å². The lowest BCUT2D eigenvalue weighted by Crippen LogP contribution is -2.29. The molecule has 0 aliphatic carbocycles. The first-order chi connectivity index (χ1) is 10.6. The number of hydrogen-bond acceptors (Lipinski definition) is 2. The highest BCUT2D eigenvalue weighted by atomic mass is 32.2. The molecule has 2 aromatic rings. The second-order valence-electron chi connectivity index (χ2n) is 4.77. The fourth-order valence-electron chi connectivity index (χ4n) is 1.97. The molecule has 0 fully saturated rings. The van der Waals surface area contributed by atoms with E-state index in [4.69, 9.17) is 0 Å². The van der Waals surface area contributed by atoms with Gasteiger partial charge < -0.3 is 10.6 Å². The van der Waals surface area contributed by atoms with Crippen molar-refractivity contribution in [2.24, 2.45) is 0 Å². The maximum absolute atomic E-state index is 13.5. The first-order valence-electron chi connectivity index (χ1n) is 6.72. The quantitative estimate of drug-likeness (QED) is 0.889. The molecule has 0 unspecified atom stereocenters. The van der Waals surface area contributed by atoms with E-state index in [0.29, 0.717) is 17.0 Å². The van der Waals surface area contributed by atoms with Gasteiger partial charge in [0.1, 0.15) is 5.82 Å². The Bertz CT molecular complexity index is 691. The summed E-state index contributed by atoms with van der Waals surface area (Å²) in [5, 5.41) is 5.30. The number of nitrogens with one attached hydrogen (secondary N) is 2. The number of urea groups is 1. The highest BCUT2D eigenvalue weighted by molar-refractivity contribution is 7.83. The van der Waals surface area contributed by atoms with E-state index in [1.165, 1.54) is 6.07 Å². The molecule has 0 spiro atoms. The minimum atomic E-state index is -0.999. The van der Waals surface area contributed by atoms with Gasteiger partial charge in [-0.3, -0.25) is 4.21 Å². The molecule has 0 saturated heterocycles. The average molecular weight is 320 g/mol. The molecular formula is C16H17FN2O2S. The van der Waals surface area contributed by atoms with E-state index < -0.39 is 16.8 Å². The predicted octanol–water partition coefficient (Wildman–Crippen LogP) is 3.03. The molecule has 0 bridgehead atoms. The maximum Gasteiger partial charge on any atom is 0.319 e. The van der Waals surface area contributed by atoms with Gasteiger partial charge in [0.25, 0.3) is 0 Å². The Kier molecular flexibility index (Phi) is 5.66. The normalized spacial score (nSPS) is 11.7. The van der Waals surface area contributed by atoms with Crippen molar-refractivity contribution in [2.75, 3.05) is 11.6 Å². The van der Waals surface area contributed by atoms with E-state index in [1.54, 1.807) is 36.6 Å². The predicted molar refractivity (Wildman–Crippen MR) is 86.5 cm³/mol. The van der Waals surface area contributed by atoms with Crippen LogP contribution < -0.4 is 10.6 Å². The number of halogens is 1. The molecule has 0 aromatic heterocycles. The van der Waals surface area contributed by atoms with Crippen molar-refractivity contribution < 1.29 is 13.4 Å². The minimum absolute atomic E-state index is 0.0976. The molecular weight excluding hydrogens is 303 g/mol. The molecule has 0 heterocycles. The van der Waals surface area contributed by atoms with Gasteiger partial charge in [0.2, 0.25) is 0 Å². The highest BCUT2D eigenvalue weighted by Crippen LogP contribution is 2.16. The Hall–Kier alpha value is -2.21. The van der Waals surface area contributed by atoms with Crippen LogP contribution in [0.5, 0.6) is 0 Å². The van der Waals surface area contributed by atoms with Crippen LogP contribution in [0.3, 0.4) is 0 Å². The zero-order valence-electron chi connectivity index (χ0n) is 12.1. The van der Waals surface area contributed by atoms with Crippen molar-refractivity contribution in [3.8, 4) is 0 Å².